The van der Waals surface area contributed by atoms with Gasteiger partial charge in [-0.2, -0.15) is 0 Å². The fourth-order valence-electron chi connectivity index (χ4n) is 1.65. The summed E-state index contributed by atoms with van der Waals surface area (Å²) >= 11 is 0. The molecule has 0 aromatic heterocycles. The van der Waals surface area contributed by atoms with Crippen LogP contribution in [0.25, 0.3) is 12.2 Å². The molecule has 0 bridgehead atoms. The van der Waals surface area contributed by atoms with Crippen molar-refractivity contribution in [3.63, 3.8) is 0 Å². The Bertz CT molecular complexity index is 656. The van der Waals surface area contributed by atoms with Crippen LogP contribution in [0.1, 0.15) is 38.8 Å². The van der Waals surface area contributed by atoms with Gasteiger partial charge in [0, 0.05) is 0 Å². The summed E-state index contributed by atoms with van der Waals surface area (Å²) in [5.41, 5.74) is 0.390. The Morgan fingerprint density at radius 2 is 1.20 bits per heavy atom. The second-order valence-corrected chi connectivity index (χ2v) is 6.86. The van der Waals surface area contributed by atoms with Gasteiger partial charge < -0.3 is 20.3 Å². The van der Waals surface area contributed by atoms with Gasteiger partial charge in [-0.1, -0.05) is 66.7 Å². The van der Waals surface area contributed by atoms with E-state index in [1.165, 1.54) is 0 Å². The predicted molar refractivity (Wildman–Crippen MR) is 104 cm³/mol. The smallest absolute Gasteiger partial charge is 0.423 e. The molecule has 0 unspecified atom stereocenters. The van der Waals surface area contributed by atoms with Gasteiger partial charge in [-0.3, -0.25) is 0 Å². The molecule has 2 aromatic carbocycles. The molecular formula is C20H27BO4. The van der Waals surface area contributed by atoms with Crippen LogP contribution in [-0.4, -0.2) is 38.6 Å². The number of hydrogen-bond acceptors (Lipinski definition) is 4. The van der Waals surface area contributed by atoms with Crippen molar-refractivity contribution >= 4 is 24.7 Å². The molecule has 0 saturated carbocycles. The van der Waals surface area contributed by atoms with Crippen LogP contribution in [0.3, 0.4) is 0 Å². The highest BCUT2D eigenvalue weighted by molar-refractivity contribution is 6.59. The molecule has 0 aliphatic heterocycles. The Balaban J connectivity index is 0.000000333. The molecule has 134 valence electrons. The lowest BCUT2D eigenvalue weighted by Crippen LogP contribution is -2.44. The minimum absolute atomic E-state index is 0.514. The van der Waals surface area contributed by atoms with Crippen molar-refractivity contribution in [2.75, 3.05) is 0 Å². The first-order valence-corrected chi connectivity index (χ1v) is 8.15. The van der Waals surface area contributed by atoms with Crippen LogP contribution in [0.5, 0.6) is 0 Å². The van der Waals surface area contributed by atoms with Crippen LogP contribution in [0, 0.1) is 0 Å². The second kappa shape index (κ2) is 8.97. The minimum atomic E-state index is -1.44. The molecule has 0 aliphatic carbocycles. The van der Waals surface area contributed by atoms with Crippen molar-refractivity contribution in [3.8, 4) is 0 Å². The first-order chi connectivity index (χ1) is 11.5. The Morgan fingerprint density at radius 3 is 1.68 bits per heavy atom. The van der Waals surface area contributed by atoms with E-state index in [2.05, 4.69) is 0 Å². The highest BCUT2D eigenvalue weighted by atomic mass is 16.4. The lowest BCUT2D eigenvalue weighted by Gasteiger charge is -2.31. The topological polar surface area (TPSA) is 80.9 Å². The summed E-state index contributed by atoms with van der Waals surface area (Å²) in [6, 6.07) is 17.1. The first kappa shape index (κ1) is 21.1. The Labute approximate surface area is 150 Å². The number of rotatable bonds is 4. The molecule has 4 N–H and O–H groups in total. The Kier molecular flexibility index (Phi) is 7.58. The van der Waals surface area contributed by atoms with Crippen LogP contribution in [-0.2, 0) is 0 Å². The van der Waals surface area contributed by atoms with Gasteiger partial charge in [-0.25, -0.2) is 0 Å². The third-order valence-electron chi connectivity index (χ3n) is 4.03. The maximum absolute atomic E-state index is 9.22. The molecule has 5 heteroatoms. The monoisotopic (exact) mass is 342 g/mol. The molecule has 25 heavy (non-hydrogen) atoms. The van der Waals surface area contributed by atoms with Gasteiger partial charge in [0.05, 0.1) is 11.2 Å². The zero-order valence-electron chi connectivity index (χ0n) is 15.2. The summed E-state index contributed by atoms with van der Waals surface area (Å²) in [6.45, 7) is 6.31. The van der Waals surface area contributed by atoms with E-state index < -0.39 is 18.3 Å². The molecule has 0 atom stereocenters. The molecule has 0 saturated heterocycles. The van der Waals surface area contributed by atoms with Gasteiger partial charge in [-0.05, 0) is 44.3 Å². The minimum Gasteiger partial charge on any atom is -0.423 e. The molecule has 0 spiro atoms. The lowest BCUT2D eigenvalue weighted by molar-refractivity contribution is -0.107. The van der Waals surface area contributed by atoms with E-state index in [0.29, 0.717) is 5.46 Å². The molecule has 0 amide bonds. The molecule has 4 nitrogen and oxygen atoms in total. The van der Waals surface area contributed by atoms with Crippen LogP contribution >= 0.6 is 0 Å². The predicted octanol–water partition coefficient (Wildman–Crippen LogP) is 2.06. The zero-order valence-corrected chi connectivity index (χ0v) is 15.2. The fraction of sp³-hybridized carbons (Fsp3) is 0.300. The van der Waals surface area contributed by atoms with E-state index in [1.807, 2.05) is 54.6 Å². The van der Waals surface area contributed by atoms with Gasteiger partial charge in [-0.15, -0.1) is 0 Å². The maximum Gasteiger partial charge on any atom is 0.489 e. The van der Waals surface area contributed by atoms with Crippen molar-refractivity contribution in [1.82, 2.24) is 0 Å². The fourth-order valence-corrected chi connectivity index (χ4v) is 1.65. The van der Waals surface area contributed by atoms with E-state index in [9.17, 15) is 10.0 Å². The zero-order chi connectivity index (χ0) is 19.1. The molecule has 0 fully saturated rings. The SMILES string of the molecule is CC(C)(O)C(C)(C)O.OB(O)c1ccccc1C=Cc1ccccc1. The normalized spacial score (nSPS) is 11.8. The summed E-state index contributed by atoms with van der Waals surface area (Å²) in [7, 11) is -1.44. The van der Waals surface area contributed by atoms with Crippen molar-refractivity contribution in [1.29, 1.82) is 0 Å². The van der Waals surface area contributed by atoms with Crippen molar-refractivity contribution in [2.24, 2.45) is 0 Å². The third kappa shape index (κ3) is 7.24. The van der Waals surface area contributed by atoms with Gasteiger partial charge in [0.1, 0.15) is 0 Å². The quantitative estimate of drug-likeness (QED) is 0.507. The second-order valence-electron chi connectivity index (χ2n) is 6.86. The standard InChI is InChI=1S/C14H13BO2.C6H14O2/c16-15(17)14-9-5-4-8-13(14)11-10-12-6-2-1-3-7-12;1-5(2,7)6(3,4)8/h1-11,16-17H;7-8H,1-4H3. The molecule has 0 radical (unpaired) electrons. The van der Waals surface area contributed by atoms with E-state index >= 15 is 0 Å². The summed E-state index contributed by atoms with van der Waals surface area (Å²) < 4.78 is 0. The van der Waals surface area contributed by atoms with Crippen LogP contribution in [0.2, 0.25) is 0 Å². The Hall–Kier alpha value is -1.92. The van der Waals surface area contributed by atoms with Crippen molar-refractivity contribution in [3.05, 3.63) is 65.7 Å². The van der Waals surface area contributed by atoms with Crippen molar-refractivity contribution in [2.45, 2.75) is 38.9 Å². The van der Waals surface area contributed by atoms with Gasteiger partial charge in [0.2, 0.25) is 0 Å². The summed E-state index contributed by atoms with van der Waals surface area (Å²) in [5, 5.41) is 36.7. The van der Waals surface area contributed by atoms with E-state index in [4.69, 9.17) is 10.2 Å². The average molecular weight is 342 g/mol. The van der Waals surface area contributed by atoms with E-state index in [1.54, 1.807) is 39.8 Å². The summed E-state index contributed by atoms with van der Waals surface area (Å²) in [4.78, 5) is 0. The van der Waals surface area contributed by atoms with E-state index in [0.717, 1.165) is 11.1 Å². The average Bonchev–Trinajstić information content (AvgIpc) is 2.53. The number of hydrogen-bond donors (Lipinski definition) is 4. The number of aliphatic hydroxyl groups is 2. The maximum atomic E-state index is 9.22. The van der Waals surface area contributed by atoms with Crippen molar-refractivity contribution < 1.29 is 20.3 Å². The molecule has 2 aromatic rings. The van der Waals surface area contributed by atoms with Crippen LogP contribution in [0.4, 0.5) is 0 Å². The molecule has 2 rings (SSSR count). The van der Waals surface area contributed by atoms with Gasteiger partial charge in [0.25, 0.3) is 0 Å². The Morgan fingerprint density at radius 1 is 0.720 bits per heavy atom. The first-order valence-electron chi connectivity index (χ1n) is 8.15. The largest absolute Gasteiger partial charge is 0.489 e. The highest BCUT2D eigenvalue weighted by Crippen LogP contribution is 2.19. The van der Waals surface area contributed by atoms with Gasteiger partial charge in [0.15, 0.2) is 0 Å². The van der Waals surface area contributed by atoms with E-state index in [-0.39, 0.29) is 0 Å². The third-order valence-corrected chi connectivity index (χ3v) is 4.03. The highest BCUT2D eigenvalue weighted by Gasteiger charge is 2.31. The summed E-state index contributed by atoms with van der Waals surface area (Å²) in [5.74, 6) is 0. The van der Waals surface area contributed by atoms with Crippen LogP contribution in [0.15, 0.2) is 54.6 Å². The number of benzene rings is 2. The molecule has 0 aliphatic rings. The molecule has 0 heterocycles. The molecular weight excluding hydrogens is 315 g/mol. The van der Waals surface area contributed by atoms with Gasteiger partial charge >= 0.3 is 7.12 Å². The summed E-state index contributed by atoms with van der Waals surface area (Å²) in [6.07, 6.45) is 3.82. The van der Waals surface area contributed by atoms with Crippen LogP contribution < -0.4 is 5.46 Å². The lowest BCUT2D eigenvalue weighted by atomic mass is 9.77.